The molecule has 0 saturated carbocycles. The van der Waals surface area contributed by atoms with Crippen molar-refractivity contribution in [2.75, 3.05) is 0 Å². The Balaban J connectivity index is 0.000000550. The summed E-state index contributed by atoms with van der Waals surface area (Å²) in [7, 11) is 0. The van der Waals surface area contributed by atoms with Gasteiger partial charge in [0, 0.05) is 5.56 Å². The number of rotatable bonds is 3. The van der Waals surface area contributed by atoms with Crippen LogP contribution < -0.4 is 0 Å². The summed E-state index contributed by atoms with van der Waals surface area (Å²) in [6.45, 7) is -0.250. The fourth-order valence-corrected chi connectivity index (χ4v) is 1.55. The van der Waals surface area contributed by atoms with E-state index in [0.717, 1.165) is 0 Å². The number of aliphatic hydroxyl groups excluding tert-OH is 1. The molecular weight excluding hydrogens is 244 g/mol. The molecule has 4 heteroatoms. The normalized spacial score (nSPS) is 10.8. The second-order valence-corrected chi connectivity index (χ2v) is 3.65. The maximum atomic E-state index is 11.9. The zero-order chi connectivity index (χ0) is 14.1. The first kappa shape index (κ1) is 14.6. The van der Waals surface area contributed by atoms with Crippen LogP contribution in [0.4, 0.5) is 0 Å². The largest absolute Gasteiger partial charge is 0.483 e. The van der Waals surface area contributed by atoms with Crippen LogP contribution in [0.15, 0.2) is 60.7 Å². The van der Waals surface area contributed by atoms with Gasteiger partial charge in [-0.1, -0.05) is 60.7 Å². The predicted molar refractivity (Wildman–Crippen MR) is 70.9 cm³/mol. The van der Waals surface area contributed by atoms with E-state index in [4.69, 9.17) is 9.90 Å². The van der Waals surface area contributed by atoms with Crippen molar-refractivity contribution in [3.05, 3.63) is 71.8 Å². The average Bonchev–Trinajstić information content (AvgIpc) is 2.48. The highest BCUT2D eigenvalue weighted by Gasteiger charge is 2.18. The first-order valence-corrected chi connectivity index (χ1v) is 5.60. The molecule has 2 aromatic rings. The first-order chi connectivity index (χ1) is 9.20. The van der Waals surface area contributed by atoms with Crippen LogP contribution in [0, 0.1) is 0 Å². The molecule has 2 N–H and O–H groups in total. The second-order valence-electron chi connectivity index (χ2n) is 3.65. The van der Waals surface area contributed by atoms with E-state index in [9.17, 15) is 9.90 Å². The lowest BCUT2D eigenvalue weighted by atomic mass is 10.0. The maximum absolute atomic E-state index is 11.9. The third-order valence-electron chi connectivity index (χ3n) is 2.42. The summed E-state index contributed by atoms with van der Waals surface area (Å²) in [5.41, 5.74) is 1.15. The van der Waals surface area contributed by atoms with Gasteiger partial charge < -0.3 is 10.2 Å². The predicted octanol–water partition coefficient (Wildman–Crippen LogP) is 2.30. The minimum atomic E-state index is -1.08. The summed E-state index contributed by atoms with van der Waals surface area (Å²) in [5.74, 6) is -0.271. The van der Waals surface area contributed by atoms with Crippen LogP contribution in [0.1, 0.15) is 22.0 Å². The highest BCUT2D eigenvalue weighted by Crippen LogP contribution is 2.17. The summed E-state index contributed by atoms with van der Waals surface area (Å²) in [5, 5.41) is 16.8. The average molecular weight is 258 g/mol. The molecule has 2 rings (SSSR count). The van der Waals surface area contributed by atoms with Crippen molar-refractivity contribution in [3.8, 4) is 0 Å². The summed E-state index contributed by atoms with van der Waals surface area (Å²) < 4.78 is 0. The van der Waals surface area contributed by atoms with Gasteiger partial charge in [0.25, 0.3) is 6.47 Å². The molecule has 1 atom stereocenters. The maximum Gasteiger partial charge on any atom is 0.290 e. The lowest BCUT2D eigenvalue weighted by Crippen LogP contribution is -2.11. The number of aliphatic hydroxyl groups is 1. The highest BCUT2D eigenvalue weighted by atomic mass is 16.3. The van der Waals surface area contributed by atoms with Crippen LogP contribution in [-0.2, 0) is 4.79 Å². The van der Waals surface area contributed by atoms with Crippen molar-refractivity contribution in [2.45, 2.75) is 6.10 Å². The van der Waals surface area contributed by atoms with Gasteiger partial charge in [-0.05, 0) is 5.56 Å². The van der Waals surface area contributed by atoms with E-state index in [-0.39, 0.29) is 12.3 Å². The lowest BCUT2D eigenvalue weighted by molar-refractivity contribution is -0.122. The van der Waals surface area contributed by atoms with E-state index < -0.39 is 6.10 Å². The summed E-state index contributed by atoms with van der Waals surface area (Å²) in [6.07, 6.45) is -1.08. The van der Waals surface area contributed by atoms with Gasteiger partial charge in [0.15, 0.2) is 5.78 Å². The zero-order valence-corrected chi connectivity index (χ0v) is 10.1. The molecule has 19 heavy (non-hydrogen) atoms. The van der Waals surface area contributed by atoms with Crippen LogP contribution in [-0.4, -0.2) is 22.5 Å². The van der Waals surface area contributed by atoms with E-state index in [1.807, 2.05) is 12.1 Å². The van der Waals surface area contributed by atoms with Crippen molar-refractivity contribution < 1.29 is 19.8 Å². The Morgan fingerprint density at radius 3 is 1.84 bits per heavy atom. The Morgan fingerprint density at radius 1 is 0.947 bits per heavy atom. The van der Waals surface area contributed by atoms with E-state index in [0.29, 0.717) is 11.1 Å². The minimum Gasteiger partial charge on any atom is -0.483 e. The summed E-state index contributed by atoms with van der Waals surface area (Å²) >= 11 is 0. The molecule has 0 heterocycles. The van der Waals surface area contributed by atoms with E-state index in [2.05, 4.69) is 0 Å². The van der Waals surface area contributed by atoms with Gasteiger partial charge in [-0.3, -0.25) is 9.59 Å². The topological polar surface area (TPSA) is 74.6 Å². The number of hydrogen-bond acceptors (Lipinski definition) is 3. The Hall–Kier alpha value is -2.46. The molecular formula is C15H14O4. The van der Waals surface area contributed by atoms with Gasteiger partial charge in [-0.2, -0.15) is 0 Å². The number of carbonyl (C=O) groups is 2. The van der Waals surface area contributed by atoms with E-state index in [1.54, 1.807) is 48.5 Å². The van der Waals surface area contributed by atoms with E-state index >= 15 is 0 Å². The van der Waals surface area contributed by atoms with Crippen LogP contribution >= 0.6 is 0 Å². The van der Waals surface area contributed by atoms with Crippen LogP contribution in [0.2, 0.25) is 0 Å². The molecule has 0 aliphatic carbocycles. The monoisotopic (exact) mass is 258 g/mol. The molecule has 0 amide bonds. The van der Waals surface area contributed by atoms with Crippen molar-refractivity contribution in [2.24, 2.45) is 0 Å². The fraction of sp³-hybridized carbons (Fsp3) is 0.0667. The fourth-order valence-electron chi connectivity index (χ4n) is 1.55. The Bertz CT molecular complexity index is 508. The van der Waals surface area contributed by atoms with Gasteiger partial charge >= 0.3 is 0 Å². The van der Waals surface area contributed by atoms with Crippen LogP contribution in [0.5, 0.6) is 0 Å². The molecule has 2 aromatic carbocycles. The lowest BCUT2D eigenvalue weighted by Gasteiger charge is -2.09. The quantitative estimate of drug-likeness (QED) is 0.654. The Labute approximate surface area is 111 Å². The van der Waals surface area contributed by atoms with Crippen molar-refractivity contribution in [1.82, 2.24) is 0 Å². The van der Waals surface area contributed by atoms with Crippen LogP contribution in [0.25, 0.3) is 0 Å². The molecule has 1 unspecified atom stereocenters. The molecule has 0 spiro atoms. The Morgan fingerprint density at radius 2 is 1.37 bits per heavy atom. The van der Waals surface area contributed by atoms with Gasteiger partial charge in [-0.25, -0.2) is 0 Å². The smallest absolute Gasteiger partial charge is 0.290 e. The van der Waals surface area contributed by atoms with Crippen LogP contribution in [0.3, 0.4) is 0 Å². The van der Waals surface area contributed by atoms with Gasteiger partial charge in [0.2, 0.25) is 0 Å². The molecule has 98 valence electrons. The van der Waals surface area contributed by atoms with Gasteiger partial charge in [0.05, 0.1) is 0 Å². The number of ketones is 1. The van der Waals surface area contributed by atoms with Gasteiger partial charge in [-0.15, -0.1) is 0 Å². The second kappa shape index (κ2) is 7.79. The number of Topliss-reactive ketones (excluding diaryl/α,β-unsaturated/α-hetero) is 1. The summed E-state index contributed by atoms with van der Waals surface area (Å²) in [4.78, 5) is 20.3. The molecule has 0 aliphatic heterocycles. The SMILES string of the molecule is O=C(c1ccccc1)C(O)c1ccccc1.O=CO. The van der Waals surface area contributed by atoms with Crippen molar-refractivity contribution in [3.63, 3.8) is 0 Å². The standard InChI is InChI=1S/C14H12O2.CH2O2/c15-13(11-7-3-1-4-8-11)14(16)12-9-5-2-6-10-12;2-1-3/h1-10,13,15H;1H,(H,2,3). The third-order valence-corrected chi connectivity index (χ3v) is 2.42. The number of benzene rings is 2. The number of hydrogen-bond donors (Lipinski definition) is 2. The van der Waals surface area contributed by atoms with E-state index in [1.165, 1.54) is 0 Å². The molecule has 0 saturated heterocycles. The molecule has 0 aliphatic rings. The summed E-state index contributed by atoms with van der Waals surface area (Å²) in [6, 6.07) is 17.7. The number of carbonyl (C=O) groups excluding carboxylic acids is 1. The van der Waals surface area contributed by atoms with Crippen molar-refractivity contribution in [1.29, 1.82) is 0 Å². The zero-order valence-electron chi connectivity index (χ0n) is 10.1. The minimum absolute atomic E-state index is 0.250. The Kier molecular flexibility index (Phi) is 5.98. The first-order valence-electron chi connectivity index (χ1n) is 5.60. The molecule has 0 radical (unpaired) electrons. The van der Waals surface area contributed by atoms with Gasteiger partial charge in [0.1, 0.15) is 6.10 Å². The molecule has 0 fully saturated rings. The molecule has 4 nitrogen and oxygen atoms in total. The van der Waals surface area contributed by atoms with Crippen molar-refractivity contribution >= 4 is 12.3 Å². The number of carboxylic acid groups (broad SMARTS) is 1. The highest BCUT2D eigenvalue weighted by molar-refractivity contribution is 5.99. The molecule has 0 aromatic heterocycles. The molecule has 0 bridgehead atoms. The third kappa shape index (κ3) is 4.37.